The number of carbonyl (C=O) groups is 2. The summed E-state index contributed by atoms with van der Waals surface area (Å²) in [5, 5.41) is 23.5. The van der Waals surface area contributed by atoms with E-state index in [4.69, 9.17) is 4.74 Å². The number of hydrogen-bond acceptors (Lipinski definition) is 5. The van der Waals surface area contributed by atoms with Crippen LogP contribution in [0, 0.1) is 0 Å². The van der Waals surface area contributed by atoms with Crippen LogP contribution < -0.4 is 5.32 Å². The molecule has 2 unspecified atom stereocenters. The molecule has 0 aromatic carbocycles. The Labute approximate surface area is 539 Å². The highest BCUT2D eigenvalue weighted by molar-refractivity contribution is 5.76. The van der Waals surface area contributed by atoms with Crippen LogP contribution in [0.2, 0.25) is 0 Å². The van der Waals surface area contributed by atoms with Gasteiger partial charge in [-0.05, 0) is 57.8 Å². The van der Waals surface area contributed by atoms with Gasteiger partial charge in [0.2, 0.25) is 5.91 Å². The number of esters is 1. The number of amides is 1. The number of ether oxygens (including phenoxy) is 1. The lowest BCUT2D eigenvalue weighted by Gasteiger charge is -2.22. The molecule has 0 spiro atoms. The summed E-state index contributed by atoms with van der Waals surface area (Å²) < 4.78 is 5.51. The molecular weight excluding hydrogens is 1050 g/mol. The van der Waals surface area contributed by atoms with Crippen molar-refractivity contribution < 1.29 is 24.5 Å². The van der Waals surface area contributed by atoms with Gasteiger partial charge in [-0.1, -0.05) is 404 Å². The van der Waals surface area contributed by atoms with Gasteiger partial charge in [0.1, 0.15) is 0 Å². The van der Waals surface area contributed by atoms with Gasteiger partial charge in [-0.25, -0.2) is 0 Å². The van der Waals surface area contributed by atoms with Gasteiger partial charge in [-0.2, -0.15) is 0 Å². The van der Waals surface area contributed by atoms with Crippen LogP contribution in [0.15, 0.2) is 24.3 Å². The number of nitrogens with one attached hydrogen (secondary N) is 1. The summed E-state index contributed by atoms with van der Waals surface area (Å²) in [7, 11) is 0. The quantitative estimate of drug-likeness (QED) is 0.0320. The van der Waals surface area contributed by atoms with Crippen molar-refractivity contribution in [1.82, 2.24) is 5.32 Å². The fourth-order valence-electron chi connectivity index (χ4n) is 12.7. The van der Waals surface area contributed by atoms with Crippen molar-refractivity contribution in [2.45, 2.75) is 463 Å². The van der Waals surface area contributed by atoms with Gasteiger partial charge in [-0.3, -0.25) is 9.59 Å². The van der Waals surface area contributed by atoms with E-state index < -0.39 is 12.1 Å². The molecule has 0 fully saturated rings. The van der Waals surface area contributed by atoms with E-state index in [-0.39, 0.29) is 18.5 Å². The first-order chi connectivity index (χ1) is 42.5. The molecule has 0 aromatic heterocycles. The molecular formula is C80H155NO5. The number of allylic oxidation sites excluding steroid dienone is 4. The van der Waals surface area contributed by atoms with Gasteiger partial charge in [0.05, 0.1) is 25.4 Å². The van der Waals surface area contributed by atoms with Crippen LogP contribution in [0.4, 0.5) is 0 Å². The lowest BCUT2D eigenvalue weighted by atomic mass is 10.0. The van der Waals surface area contributed by atoms with E-state index in [2.05, 4.69) is 43.5 Å². The average molecular weight is 1210 g/mol. The van der Waals surface area contributed by atoms with Crippen molar-refractivity contribution in [3.8, 4) is 0 Å². The molecule has 0 radical (unpaired) electrons. The van der Waals surface area contributed by atoms with Gasteiger partial charge in [0.25, 0.3) is 0 Å². The molecule has 510 valence electrons. The molecule has 1 amide bonds. The number of hydrogen-bond donors (Lipinski definition) is 3. The van der Waals surface area contributed by atoms with Crippen LogP contribution in [0.1, 0.15) is 450 Å². The summed E-state index contributed by atoms with van der Waals surface area (Å²) >= 11 is 0. The molecule has 0 rings (SSSR count). The molecule has 0 heterocycles. The predicted octanol–water partition coefficient (Wildman–Crippen LogP) is 26.0. The first kappa shape index (κ1) is 84.3. The third-order valence-corrected chi connectivity index (χ3v) is 18.8. The number of unbranched alkanes of at least 4 members (excludes halogenated alkanes) is 60. The van der Waals surface area contributed by atoms with Crippen molar-refractivity contribution in [3.63, 3.8) is 0 Å². The molecule has 86 heavy (non-hydrogen) atoms. The van der Waals surface area contributed by atoms with E-state index in [1.807, 2.05) is 0 Å². The van der Waals surface area contributed by atoms with Gasteiger partial charge in [0.15, 0.2) is 0 Å². The summed E-state index contributed by atoms with van der Waals surface area (Å²) in [5.41, 5.74) is 0. The molecule has 6 heteroatoms. The fraction of sp³-hybridized carbons (Fsp3) is 0.925. The molecule has 0 aromatic rings. The molecule has 6 nitrogen and oxygen atoms in total. The highest BCUT2D eigenvalue weighted by Gasteiger charge is 2.20. The predicted molar refractivity (Wildman–Crippen MR) is 380 cm³/mol. The van der Waals surface area contributed by atoms with Gasteiger partial charge in [-0.15, -0.1) is 0 Å². The van der Waals surface area contributed by atoms with Crippen molar-refractivity contribution in [2.24, 2.45) is 0 Å². The standard InChI is InChI=1S/C80H155NO5/c1-3-5-7-9-11-13-15-17-19-21-23-24-25-30-33-37-40-44-48-52-56-60-64-68-72-78(83)77(76-82)81-79(84)73-69-65-61-57-53-49-45-41-38-34-31-28-26-27-29-32-35-39-43-47-51-55-59-63-67-71-75-86-80(85)74-70-66-62-58-54-50-46-42-36-22-20-18-16-14-12-10-8-6-4-2/h12,14,18,20,77-78,82-83H,3-11,13,15-17,19,21-76H2,1-2H3,(H,81,84)/b14-12-,20-18-. The van der Waals surface area contributed by atoms with Crippen molar-refractivity contribution in [3.05, 3.63) is 24.3 Å². The SMILES string of the molecule is CCCCC/C=C\C/C=C\CCCCCCCCCCCC(=O)OCCCCCCCCCCCCCCCCCCCCCCCCCCCCC(=O)NC(CO)C(O)CCCCCCCCCCCCCCCCCCCCCCCCCC. The lowest BCUT2D eigenvalue weighted by Crippen LogP contribution is -2.45. The Balaban J connectivity index is 3.35. The zero-order chi connectivity index (χ0) is 62.0. The molecule has 0 saturated heterocycles. The van der Waals surface area contributed by atoms with Gasteiger partial charge < -0.3 is 20.3 Å². The molecule has 3 N–H and O–H groups in total. The molecule has 0 aliphatic carbocycles. The maximum Gasteiger partial charge on any atom is 0.305 e. The largest absolute Gasteiger partial charge is 0.466 e. The maximum atomic E-state index is 12.6. The third-order valence-electron chi connectivity index (χ3n) is 18.8. The minimum absolute atomic E-state index is 0.0148. The van der Waals surface area contributed by atoms with E-state index in [9.17, 15) is 19.8 Å². The summed E-state index contributed by atoms with van der Waals surface area (Å²) in [4.78, 5) is 24.7. The first-order valence-corrected chi connectivity index (χ1v) is 39.6. The molecule has 0 saturated carbocycles. The van der Waals surface area contributed by atoms with Crippen molar-refractivity contribution in [2.75, 3.05) is 13.2 Å². The summed E-state index contributed by atoms with van der Waals surface area (Å²) in [6.07, 6.45) is 96.9. The summed E-state index contributed by atoms with van der Waals surface area (Å²) in [6.45, 7) is 4.98. The van der Waals surface area contributed by atoms with Crippen LogP contribution in [0.25, 0.3) is 0 Å². The number of aliphatic hydroxyl groups excluding tert-OH is 2. The van der Waals surface area contributed by atoms with Crippen molar-refractivity contribution in [1.29, 1.82) is 0 Å². The summed E-state index contributed by atoms with van der Waals surface area (Å²) in [6, 6.07) is -0.541. The van der Waals surface area contributed by atoms with Crippen LogP contribution in [0.3, 0.4) is 0 Å². The molecule has 0 aliphatic heterocycles. The number of rotatable bonds is 75. The van der Waals surface area contributed by atoms with E-state index in [0.29, 0.717) is 25.9 Å². The molecule has 0 bridgehead atoms. The minimum atomic E-state index is -0.664. The monoisotopic (exact) mass is 1210 g/mol. The van der Waals surface area contributed by atoms with Gasteiger partial charge in [0, 0.05) is 12.8 Å². The highest BCUT2D eigenvalue weighted by Crippen LogP contribution is 2.20. The van der Waals surface area contributed by atoms with Crippen LogP contribution in [0.5, 0.6) is 0 Å². The lowest BCUT2D eigenvalue weighted by molar-refractivity contribution is -0.143. The van der Waals surface area contributed by atoms with Gasteiger partial charge >= 0.3 is 5.97 Å². The first-order valence-electron chi connectivity index (χ1n) is 39.6. The number of aliphatic hydroxyl groups is 2. The van der Waals surface area contributed by atoms with E-state index in [0.717, 1.165) is 51.4 Å². The summed E-state index contributed by atoms with van der Waals surface area (Å²) in [5.74, 6) is -0.0122. The Kier molecular flexibility index (Phi) is 74.3. The zero-order valence-electron chi connectivity index (χ0n) is 58.6. The topological polar surface area (TPSA) is 95.9 Å². The van der Waals surface area contributed by atoms with E-state index >= 15 is 0 Å². The Morgan fingerprint density at radius 1 is 0.326 bits per heavy atom. The Morgan fingerprint density at radius 3 is 0.907 bits per heavy atom. The second-order valence-electron chi connectivity index (χ2n) is 27.4. The Hall–Kier alpha value is -1.66. The fourth-order valence-corrected chi connectivity index (χ4v) is 12.7. The highest BCUT2D eigenvalue weighted by atomic mass is 16.5. The Bertz CT molecular complexity index is 1350. The van der Waals surface area contributed by atoms with E-state index in [1.165, 1.54) is 366 Å². The molecule has 0 aliphatic rings. The third kappa shape index (κ3) is 71.4. The number of carbonyl (C=O) groups excluding carboxylic acids is 2. The van der Waals surface area contributed by atoms with Crippen LogP contribution in [-0.2, 0) is 14.3 Å². The van der Waals surface area contributed by atoms with Crippen molar-refractivity contribution >= 4 is 11.9 Å². The van der Waals surface area contributed by atoms with Crippen LogP contribution >= 0.6 is 0 Å². The normalized spacial score (nSPS) is 12.6. The molecule has 2 atom stereocenters. The van der Waals surface area contributed by atoms with Crippen LogP contribution in [-0.4, -0.2) is 47.4 Å². The minimum Gasteiger partial charge on any atom is -0.466 e. The second kappa shape index (κ2) is 75.8. The average Bonchev–Trinajstić information content (AvgIpc) is 3.54. The smallest absolute Gasteiger partial charge is 0.305 e. The Morgan fingerprint density at radius 2 is 0.581 bits per heavy atom. The maximum absolute atomic E-state index is 12.6. The zero-order valence-corrected chi connectivity index (χ0v) is 58.6. The second-order valence-corrected chi connectivity index (χ2v) is 27.4. The van der Waals surface area contributed by atoms with E-state index in [1.54, 1.807) is 0 Å².